The number of pyridine rings is 1. The lowest BCUT2D eigenvalue weighted by Crippen LogP contribution is -2.42. The predicted molar refractivity (Wildman–Crippen MR) is 83.2 cm³/mol. The van der Waals surface area contributed by atoms with E-state index < -0.39 is 0 Å². The molecule has 1 fully saturated rings. The second-order valence-corrected chi connectivity index (χ2v) is 6.24. The van der Waals surface area contributed by atoms with Gasteiger partial charge < -0.3 is 9.64 Å². The average Bonchev–Trinajstić information content (AvgIpc) is 2.53. The number of carbonyl (C=O) groups excluding carboxylic acids is 2. The molecule has 1 aromatic heterocycles. The zero-order chi connectivity index (χ0) is 16.1. The summed E-state index contributed by atoms with van der Waals surface area (Å²) in [4.78, 5) is 29.8. The Morgan fingerprint density at radius 2 is 2.05 bits per heavy atom. The number of carbonyl (C=O) groups is 2. The summed E-state index contributed by atoms with van der Waals surface area (Å²) in [5, 5.41) is 0.414. The number of likely N-dealkylation sites (tertiary alicyclic amines) is 1. The molecule has 0 unspecified atom stereocenters. The fourth-order valence-corrected chi connectivity index (χ4v) is 2.58. The van der Waals surface area contributed by atoms with Crippen LogP contribution in [0.1, 0.15) is 32.3 Å². The van der Waals surface area contributed by atoms with Gasteiger partial charge in [0.2, 0.25) is 5.91 Å². The Morgan fingerprint density at radius 1 is 1.36 bits per heavy atom. The number of halogens is 1. The summed E-state index contributed by atoms with van der Waals surface area (Å²) in [6.45, 7) is 5.23. The van der Waals surface area contributed by atoms with Gasteiger partial charge in [-0.1, -0.05) is 31.5 Å². The summed E-state index contributed by atoms with van der Waals surface area (Å²) in [5.74, 6) is -0.178. The van der Waals surface area contributed by atoms with Crippen molar-refractivity contribution < 1.29 is 14.3 Å². The van der Waals surface area contributed by atoms with E-state index in [0.29, 0.717) is 31.1 Å². The number of nitrogens with zero attached hydrogens (tertiary/aromatic N) is 2. The lowest BCUT2D eigenvalue weighted by Gasteiger charge is -2.32. The predicted octanol–water partition coefficient (Wildman–Crippen LogP) is 2.67. The fraction of sp³-hybridized carbons (Fsp3) is 0.562. The van der Waals surface area contributed by atoms with E-state index in [-0.39, 0.29) is 30.3 Å². The van der Waals surface area contributed by atoms with Gasteiger partial charge in [0.15, 0.2) is 0 Å². The van der Waals surface area contributed by atoms with Gasteiger partial charge in [-0.05, 0) is 18.9 Å². The van der Waals surface area contributed by atoms with Crippen LogP contribution in [0.15, 0.2) is 18.3 Å². The van der Waals surface area contributed by atoms with Crippen LogP contribution in [0.5, 0.6) is 0 Å². The molecule has 2 heterocycles. The monoisotopic (exact) mass is 324 g/mol. The van der Waals surface area contributed by atoms with E-state index in [1.165, 1.54) is 0 Å². The van der Waals surface area contributed by atoms with Gasteiger partial charge in [0.25, 0.3) is 0 Å². The highest BCUT2D eigenvalue weighted by Crippen LogP contribution is 2.20. The van der Waals surface area contributed by atoms with E-state index >= 15 is 0 Å². The molecule has 0 bridgehead atoms. The highest BCUT2D eigenvalue weighted by atomic mass is 35.5. The first kappa shape index (κ1) is 16.7. The van der Waals surface area contributed by atoms with Crippen LogP contribution in [-0.2, 0) is 20.9 Å². The third kappa shape index (κ3) is 4.44. The van der Waals surface area contributed by atoms with Gasteiger partial charge >= 0.3 is 5.97 Å². The molecule has 1 aromatic rings. The van der Waals surface area contributed by atoms with Crippen LogP contribution in [0, 0.1) is 11.8 Å². The SMILES string of the molecule is CC(C)C(=O)N1CCC(C(=O)OCc2ccc(Cl)nc2)CC1. The first-order valence-electron chi connectivity index (χ1n) is 7.53. The van der Waals surface area contributed by atoms with Crippen molar-refractivity contribution in [3.63, 3.8) is 0 Å². The van der Waals surface area contributed by atoms with Gasteiger partial charge in [0.05, 0.1) is 5.92 Å². The highest BCUT2D eigenvalue weighted by molar-refractivity contribution is 6.29. The van der Waals surface area contributed by atoms with Crippen LogP contribution in [0.4, 0.5) is 0 Å². The van der Waals surface area contributed by atoms with Crippen LogP contribution in [0.3, 0.4) is 0 Å². The maximum absolute atomic E-state index is 12.1. The molecule has 1 amide bonds. The van der Waals surface area contributed by atoms with Crippen molar-refractivity contribution in [3.05, 3.63) is 29.0 Å². The number of esters is 1. The standard InChI is InChI=1S/C16H21ClN2O3/c1-11(2)15(20)19-7-5-13(6-8-19)16(21)22-10-12-3-4-14(17)18-9-12/h3-4,9,11,13H,5-8,10H2,1-2H3. The lowest BCUT2D eigenvalue weighted by atomic mass is 9.96. The van der Waals surface area contributed by atoms with E-state index in [2.05, 4.69) is 4.98 Å². The molecule has 0 N–H and O–H groups in total. The van der Waals surface area contributed by atoms with Gasteiger partial charge in [-0.3, -0.25) is 9.59 Å². The number of amides is 1. The Bertz CT molecular complexity index is 523. The Labute approximate surface area is 135 Å². The third-order valence-electron chi connectivity index (χ3n) is 3.80. The molecule has 1 aliphatic heterocycles. The minimum absolute atomic E-state index is 0.000839. The minimum atomic E-state index is -0.202. The topological polar surface area (TPSA) is 59.5 Å². The molecule has 120 valence electrons. The summed E-state index contributed by atoms with van der Waals surface area (Å²) >= 11 is 5.71. The first-order valence-corrected chi connectivity index (χ1v) is 7.91. The van der Waals surface area contributed by atoms with Crippen LogP contribution >= 0.6 is 11.6 Å². The first-order chi connectivity index (χ1) is 10.5. The zero-order valence-electron chi connectivity index (χ0n) is 12.9. The summed E-state index contributed by atoms with van der Waals surface area (Å²) in [6, 6.07) is 3.45. The van der Waals surface area contributed by atoms with E-state index in [9.17, 15) is 9.59 Å². The molecule has 0 saturated carbocycles. The van der Waals surface area contributed by atoms with Crippen LogP contribution in [-0.4, -0.2) is 34.8 Å². The molecule has 0 spiro atoms. The molecule has 0 aromatic carbocycles. The summed E-state index contributed by atoms with van der Waals surface area (Å²) in [6.07, 6.45) is 2.92. The molecule has 1 aliphatic rings. The maximum atomic E-state index is 12.1. The van der Waals surface area contributed by atoms with Crippen molar-refractivity contribution in [1.82, 2.24) is 9.88 Å². The molecule has 1 saturated heterocycles. The molecule has 2 rings (SSSR count). The molecular formula is C16H21ClN2O3. The van der Waals surface area contributed by atoms with Gasteiger partial charge in [0.1, 0.15) is 11.8 Å². The molecule has 5 nitrogen and oxygen atoms in total. The van der Waals surface area contributed by atoms with E-state index in [4.69, 9.17) is 16.3 Å². The van der Waals surface area contributed by atoms with E-state index in [1.54, 1.807) is 18.3 Å². The van der Waals surface area contributed by atoms with Gasteiger partial charge in [-0.2, -0.15) is 0 Å². The summed E-state index contributed by atoms with van der Waals surface area (Å²) in [7, 11) is 0. The van der Waals surface area contributed by atoms with Gasteiger partial charge in [0, 0.05) is 30.8 Å². The number of rotatable bonds is 4. The number of piperidine rings is 1. The molecule has 0 aliphatic carbocycles. The smallest absolute Gasteiger partial charge is 0.309 e. The zero-order valence-corrected chi connectivity index (χ0v) is 13.7. The van der Waals surface area contributed by atoms with Crippen molar-refractivity contribution in [2.24, 2.45) is 11.8 Å². The number of hydrogen-bond donors (Lipinski definition) is 0. The quantitative estimate of drug-likeness (QED) is 0.631. The molecular weight excluding hydrogens is 304 g/mol. The van der Waals surface area contributed by atoms with Crippen molar-refractivity contribution in [2.75, 3.05) is 13.1 Å². The van der Waals surface area contributed by atoms with Gasteiger partial charge in [-0.15, -0.1) is 0 Å². The molecule has 22 heavy (non-hydrogen) atoms. The highest BCUT2D eigenvalue weighted by Gasteiger charge is 2.29. The second kappa shape index (κ2) is 7.58. The fourth-order valence-electron chi connectivity index (χ4n) is 2.46. The Kier molecular flexibility index (Phi) is 5.77. The van der Waals surface area contributed by atoms with E-state index in [0.717, 1.165) is 5.56 Å². The molecule has 0 radical (unpaired) electrons. The lowest BCUT2D eigenvalue weighted by molar-refractivity contribution is -0.153. The molecule has 0 atom stereocenters. The largest absolute Gasteiger partial charge is 0.461 e. The molecule has 6 heteroatoms. The minimum Gasteiger partial charge on any atom is -0.461 e. The normalized spacial score (nSPS) is 15.9. The Balaban J connectivity index is 1.77. The van der Waals surface area contributed by atoms with Crippen molar-refractivity contribution in [3.8, 4) is 0 Å². The number of aromatic nitrogens is 1. The van der Waals surface area contributed by atoms with Gasteiger partial charge in [-0.25, -0.2) is 4.98 Å². The van der Waals surface area contributed by atoms with Crippen molar-refractivity contribution in [2.45, 2.75) is 33.3 Å². The Hall–Kier alpha value is -1.62. The van der Waals surface area contributed by atoms with Crippen molar-refractivity contribution in [1.29, 1.82) is 0 Å². The Morgan fingerprint density at radius 3 is 2.59 bits per heavy atom. The third-order valence-corrected chi connectivity index (χ3v) is 4.03. The average molecular weight is 325 g/mol. The van der Waals surface area contributed by atoms with Crippen molar-refractivity contribution >= 4 is 23.5 Å². The number of ether oxygens (including phenoxy) is 1. The summed E-state index contributed by atoms with van der Waals surface area (Å²) < 4.78 is 5.33. The number of hydrogen-bond acceptors (Lipinski definition) is 4. The van der Waals surface area contributed by atoms with E-state index in [1.807, 2.05) is 18.7 Å². The summed E-state index contributed by atoms with van der Waals surface area (Å²) in [5.41, 5.74) is 0.810. The van der Waals surface area contributed by atoms with Crippen LogP contribution in [0.2, 0.25) is 5.15 Å². The van der Waals surface area contributed by atoms with Crippen LogP contribution < -0.4 is 0 Å². The second-order valence-electron chi connectivity index (χ2n) is 5.85. The van der Waals surface area contributed by atoms with Crippen LogP contribution in [0.25, 0.3) is 0 Å². The maximum Gasteiger partial charge on any atom is 0.309 e.